The fourth-order valence-corrected chi connectivity index (χ4v) is 4.22. The third kappa shape index (κ3) is 3.67. The van der Waals surface area contributed by atoms with Crippen molar-refractivity contribution in [1.82, 2.24) is 19.7 Å². The molecule has 0 bridgehead atoms. The second kappa shape index (κ2) is 7.60. The van der Waals surface area contributed by atoms with Crippen LogP contribution in [0.3, 0.4) is 0 Å². The molecule has 1 atom stereocenters. The number of aryl methyl sites for hydroxylation is 2. The molecule has 3 heterocycles. The Hall–Kier alpha value is -2.17. The molecule has 1 saturated heterocycles. The lowest BCUT2D eigenvalue weighted by molar-refractivity contribution is -0.131. The van der Waals surface area contributed by atoms with Crippen LogP contribution in [0.2, 0.25) is 0 Å². The van der Waals surface area contributed by atoms with Gasteiger partial charge in [0, 0.05) is 32.0 Å². The molecule has 1 aromatic heterocycles. The van der Waals surface area contributed by atoms with Crippen LogP contribution in [0.4, 0.5) is 0 Å². The first-order valence-corrected chi connectivity index (χ1v) is 9.96. The lowest BCUT2D eigenvalue weighted by Gasteiger charge is -2.32. The van der Waals surface area contributed by atoms with Crippen molar-refractivity contribution >= 4 is 5.91 Å². The van der Waals surface area contributed by atoms with Crippen molar-refractivity contribution in [1.29, 1.82) is 0 Å². The molecule has 0 N–H and O–H groups in total. The largest absolute Gasteiger partial charge is 0.342 e. The fraction of sp³-hybridized carbons (Fsp3) is 0.571. The summed E-state index contributed by atoms with van der Waals surface area (Å²) >= 11 is 0. The molecule has 0 saturated carbocycles. The van der Waals surface area contributed by atoms with E-state index in [-0.39, 0.29) is 5.91 Å². The van der Waals surface area contributed by atoms with E-state index in [0.717, 1.165) is 56.1 Å². The number of carbonyl (C=O) groups is 1. The quantitative estimate of drug-likeness (QED) is 0.852. The smallest absolute Gasteiger partial charge is 0.227 e. The van der Waals surface area contributed by atoms with E-state index >= 15 is 0 Å². The molecule has 26 heavy (non-hydrogen) atoms. The van der Waals surface area contributed by atoms with E-state index in [1.807, 2.05) is 4.90 Å². The van der Waals surface area contributed by atoms with Crippen LogP contribution in [-0.4, -0.2) is 38.7 Å². The molecule has 138 valence electrons. The highest BCUT2D eigenvalue weighted by molar-refractivity contribution is 5.79. The molecule has 1 amide bonds. The van der Waals surface area contributed by atoms with E-state index < -0.39 is 0 Å². The predicted molar refractivity (Wildman–Crippen MR) is 101 cm³/mol. The first kappa shape index (κ1) is 17.3. The molecule has 5 nitrogen and oxygen atoms in total. The van der Waals surface area contributed by atoms with Gasteiger partial charge >= 0.3 is 0 Å². The van der Waals surface area contributed by atoms with Gasteiger partial charge in [-0.05, 0) is 38.2 Å². The molecule has 2 aliphatic rings. The molecule has 0 aliphatic carbocycles. The standard InChI is InChI=1S/C21H28N4O/c1-16-8-10-17(11-9-16)14-20(26)24-12-5-6-18(15-24)21-23-22-19-7-3-2-4-13-25(19)21/h8-11,18H,2-7,12-15H2,1H3. The van der Waals surface area contributed by atoms with Gasteiger partial charge in [-0.2, -0.15) is 0 Å². The van der Waals surface area contributed by atoms with E-state index in [4.69, 9.17) is 0 Å². The van der Waals surface area contributed by atoms with E-state index in [1.54, 1.807) is 0 Å². The van der Waals surface area contributed by atoms with Crippen LogP contribution in [0.15, 0.2) is 24.3 Å². The Balaban J connectivity index is 1.45. The predicted octanol–water partition coefficient (Wildman–Crippen LogP) is 3.26. The van der Waals surface area contributed by atoms with Crippen LogP contribution in [0.25, 0.3) is 0 Å². The van der Waals surface area contributed by atoms with Crippen LogP contribution in [0.5, 0.6) is 0 Å². The molecule has 5 heteroatoms. The zero-order valence-electron chi connectivity index (χ0n) is 15.7. The lowest BCUT2D eigenvalue weighted by atomic mass is 9.96. The minimum Gasteiger partial charge on any atom is -0.342 e. The normalized spacial score (nSPS) is 20.5. The Morgan fingerprint density at radius 2 is 1.92 bits per heavy atom. The zero-order chi connectivity index (χ0) is 17.9. The maximum atomic E-state index is 12.8. The summed E-state index contributed by atoms with van der Waals surface area (Å²) in [6, 6.07) is 8.28. The van der Waals surface area contributed by atoms with Gasteiger partial charge in [0.05, 0.1) is 6.42 Å². The highest BCUT2D eigenvalue weighted by Crippen LogP contribution is 2.28. The van der Waals surface area contributed by atoms with Crippen molar-refractivity contribution in [3.05, 3.63) is 47.0 Å². The van der Waals surface area contributed by atoms with Crippen molar-refractivity contribution in [2.45, 2.75) is 64.3 Å². The average Bonchev–Trinajstić information content (AvgIpc) is 2.92. The Kier molecular flexibility index (Phi) is 5.05. The molecule has 4 rings (SSSR count). The Labute approximate surface area is 155 Å². The van der Waals surface area contributed by atoms with Gasteiger partial charge in [0.25, 0.3) is 0 Å². The molecule has 1 fully saturated rings. The Morgan fingerprint density at radius 3 is 2.77 bits per heavy atom. The van der Waals surface area contributed by atoms with Gasteiger partial charge in [-0.15, -0.1) is 10.2 Å². The van der Waals surface area contributed by atoms with Crippen LogP contribution in [0, 0.1) is 6.92 Å². The molecular formula is C21H28N4O. The summed E-state index contributed by atoms with van der Waals surface area (Å²) in [4.78, 5) is 14.8. The summed E-state index contributed by atoms with van der Waals surface area (Å²) in [5.74, 6) is 2.80. The molecule has 1 unspecified atom stereocenters. The van der Waals surface area contributed by atoms with Gasteiger partial charge < -0.3 is 9.47 Å². The number of carbonyl (C=O) groups excluding carboxylic acids is 1. The summed E-state index contributed by atoms with van der Waals surface area (Å²) in [6.07, 6.45) is 7.37. The summed E-state index contributed by atoms with van der Waals surface area (Å²) in [5, 5.41) is 8.97. The van der Waals surface area contributed by atoms with E-state index in [2.05, 4.69) is 46.0 Å². The van der Waals surface area contributed by atoms with Crippen molar-refractivity contribution in [2.24, 2.45) is 0 Å². The summed E-state index contributed by atoms with van der Waals surface area (Å²) in [5.41, 5.74) is 2.32. The number of hydrogen-bond donors (Lipinski definition) is 0. The molecular weight excluding hydrogens is 324 g/mol. The lowest BCUT2D eigenvalue weighted by Crippen LogP contribution is -2.40. The second-order valence-corrected chi connectivity index (χ2v) is 7.78. The number of aromatic nitrogens is 3. The third-order valence-corrected chi connectivity index (χ3v) is 5.75. The summed E-state index contributed by atoms with van der Waals surface area (Å²) < 4.78 is 2.34. The monoisotopic (exact) mass is 352 g/mol. The van der Waals surface area contributed by atoms with E-state index in [0.29, 0.717) is 12.3 Å². The molecule has 0 spiro atoms. The van der Waals surface area contributed by atoms with Crippen molar-refractivity contribution < 1.29 is 4.79 Å². The Bertz CT molecular complexity index is 765. The first-order chi connectivity index (χ1) is 12.7. The van der Waals surface area contributed by atoms with Crippen molar-refractivity contribution in [2.75, 3.05) is 13.1 Å². The number of benzene rings is 1. The second-order valence-electron chi connectivity index (χ2n) is 7.78. The van der Waals surface area contributed by atoms with E-state index in [9.17, 15) is 4.79 Å². The van der Waals surface area contributed by atoms with Crippen LogP contribution >= 0.6 is 0 Å². The number of amides is 1. The minimum atomic E-state index is 0.231. The van der Waals surface area contributed by atoms with Crippen LogP contribution in [0.1, 0.15) is 60.8 Å². The van der Waals surface area contributed by atoms with Gasteiger partial charge in [-0.25, -0.2) is 0 Å². The molecule has 2 aliphatic heterocycles. The van der Waals surface area contributed by atoms with Gasteiger partial charge in [0.1, 0.15) is 11.6 Å². The summed E-state index contributed by atoms with van der Waals surface area (Å²) in [7, 11) is 0. The first-order valence-electron chi connectivity index (χ1n) is 9.96. The SMILES string of the molecule is Cc1ccc(CC(=O)N2CCCC(c3nnc4n3CCCCC4)C2)cc1. The number of fused-ring (bicyclic) bond motifs is 1. The molecule has 1 aromatic carbocycles. The van der Waals surface area contributed by atoms with Crippen molar-refractivity contribution in [3.63, 3.8) is 0 Å². The minimum absolute atomic E-state index is 0.231. The maximum Gasteiger partial charge on any atom is 0.227 e. The highest BCUT2D eigenvalue weighted by Gasteiger charge is 2.29. The number of hydrogen-bond acceptors (Lipinski definition) is 3. The third-order valence-electron chi connectivity index (χ3n) is 5.75. The maximum absolute atomic E-state index is 12.8. The van der Waals surface area contributed by atoms with Crippen LogP contribution in [-0.2, 0) is 24.2 Å². The molecule has 2 aromatic rings. The van der Waals surface area contributed by atoms with Crippen LogP contribution < -0.4 is 0 Å². The van der Waals surface area contributed by atoms with Gasteiger partial charge in [0.15, 0.2) is 0 Å². The number of rotatable bonds is 3. The number of likely N-dealkylation sites (tertiary alicyclic amines) is 1. The number of nitrogens with zero attached hydrogens (tertiary/aromatic N) is 4. The van der Waals surface area contributed by atoms with E-state index in [1.165, 1.54) is 24.8 Å². The van der Waals surface area contributed by atoms with Gasteiger partial charge in [-0.1, -0.05) is 36.2 Å². The fourth-order valence-electron chi connectivity index (χ4n) is 4.22. The number of piperidine rings is 1. The molecule has 0 radical (unpaired) electrons. The van der Waals surface area contributed by atoms with Gasteiger partial charge in [0.2, 0.25) is 5.91 Å². The van der Waals surface area contributed by atoms with Gasteiger partial charge in [-0.3, -0.25) is 4.79 Å². The Morgan fingerprint density at radius 1 is 1.08 bits per heavy atom. The van der Waals surface area contributed by atoms with Crippen molar-refractivity contribution in [3.8, 4) is 0 Å². The summed E-state index contributed by atoms with van der Waals surface area (Å²) in [6.45, 7) is 4.75. The zero-order valence-corrected chi connectivity index (χ0v) is 15.7. The topological polar surface area (TPSA) is 51.0 Å². The highest BCUT2D eigenvalue weighted by atomic mass is 16.2. The average molecular weight is 352 g/mol.